The molecule has 0 aromatic rings. The molecule has 1 saturated heterocycles. The van der Waals surface area contributed by atoms with E-state index in [1.165, 1.54) is 0 Å². The number of rotatable bonds is 7. The van der Waals surface area contributed by atoms with Crippen LogP contribution >= 0.6 is 15.9 Å². The Morgan fingerprint density at radius 1 is 1.38 bits per heavy atom. The minimum atomic E-state index is -2.98. The first kappa shape index (κ1) is 14.5. The largest absolute Gasteiger partial charge is 0.214 e. The summed E-state index contributed by atoms with van der Waals surface area (Å²) < 4.78 is 25.9. The van der Waals surface area contributed by atoms with Crippen molar-refractivity contribution in [3.8, 4) is 0 Å². The molecule has 5 heteroatoms. The molecule has 1 unspecified atom stereocenters. The number of sulfonamides is 1. The summed E-state index contributed by atoms with van der Waals surface area (Å²) in [7, 11) is -2.98. The van der Waals surface area contributed by atoms with Crippen LogP contribution in [0.15, 0.2) is 0 Å². The van der Waals surface area contributed by atoms with E-state index in [9.17, 15) is 8.42 Å². The zero-order valence-electron chi connectivity index (χ0n) is 9.99. The van der Waals surface area contributed by atoms with Crippen LogP contribution in [-0.4, -0.2) is 36.4 Å². The second-order valence-electron chi connectivity index (χ2n) is 4.41. The molecule has 0 aromatic heterocycles. The van der Waals surface area contributed by atoms with Gasteiger partial charge in [-0.25, -0.2) is 8.42 Å². The molecule has 0 aliphatic carbocycles. The minimum absolute atomic E-state index is 0.263. The van der Waals surface area contributed by atoms with Gasteiger partial charge in [0.2, 0.25) is 10.0 Å². The van der Waals surface area contributed by atoms with Crippen molar-refractivity contribution in [3.05, 3.63) is 0 Å². The van der Waals surface area contributed by atoms with E-state index in [0.717, 1.165) is 50.4 Å². The van der Waals surface area contributed by atoms with Crippen molar-refractivity contribution in [2.75, 3.05) is 17.6 Å². The molecule has 0 saturated carbocycles. The van der Waals surface area contributed by atoms with E-state index in [-0.39, 0.29) is 6.04 Å². The second kappa shape index (κ2) is 6.97. The van der Waals surface area contributed by atoms with Crippen molar-refractivity contribution in [1.29, 1.82) is 0 Å². The van der Waals surface area contributed by atoms with Gasteiger partial charge in [0.25, 0.3) is 0 Å². The molecule has 96 valence electrons. The Morgan fingerprint density at radius 2 is 2.12 bits per heavy atom. The summed E-state index contributed by atoms with van der Waals surface area (Å²) in [4.78, 5) is 0. The molecular weight excluding hydrogens is 290 g/mol. The molecule has 0 radical (unpaired) electrons. The Morgan fingerprint density at radius 3 is 2.75 bits per heavy atom. The SMILES string of the molecule is CCCCS(=O)(=O)N1CCCC1CCCBr. The fourth-order valence-electron chi connectivity index (χ4n) is 2.22. The molecule has 0 spiro atoms. The Bertz CT molecular complexity index is 292. The van der Waals surface area contributed by atoms with E-state index in [1.807, 2.05) is 6.92 Å². The molecule has 0 aromatic carbocycles. The molecule has 16 heavy (non-hydrogen) atoms. The van der Waals surface area contributed by atoms with Gasteiger partial charge in [-0.1, -0.05) is 29.3 Å². The zero-order valence-corrected chi connectivity index (χ0v) is 12.4. The molecule has 3 nitrogen and oxygen atoms in total. The van der Waals surface area contributed by atoms with Crippen molar-refractivity contribution in [3.63, 3.8) is 0 Å². The van der Waals surface area contributed by atoms with Gasteiger partial charge in [0, 0.05) is 17.9 Å². The number of unbranched alkanes of at least 4 members (excludes halogenated alkanes) is 1. The Hall–Kier alpha value is 0.390. The fourth-order valence-corrected chi connectivity index (χ4v) is 4.50. The number of halogens is 1. The molecule has 1 atom stereocenters. The van der Waals surface area contributed by atoms with Crippen LogP contribution < -0.4 is 0 Å². The lowest BCUT2D eigenvalue weighted by molar-refractivity contribution is 0.368. The zero-order chi connectivity index (χ0) is 12.0. The fraction of sp³-hybridized carbons (Fsp3) is 1.00. The average molecular weight is 312 g/mol. The molecule has 1 rings (SSSR count). The first-order valence-corrected chi connectivity index (χ1v) is 8.90. The van der Waals surface area contributed by atoms with Crippen molar-refractivity contribution in [2.45, 2.75) is 51.5 Å². The summed E-state index contributed by atoms with van der Waals surface area (Å²) in [6, 6.07) is 0.263. The molecule has 1 aliphatic rings. The summed E-state index contributed by atoms with van der Waals surface area (Å²) in [5.74, 6) is 0.328. The average Bonchev–Trinajstić information content (AvgIpc) is 2.72. The highest BCUT2D eigenvalue weighted by Crippen LogP contribution is 2.25. The maximum absolute atomic E-state index is 12.1. The lowest BCUT2D eigenvalue weighted by atomic mass is 10.1. The highest BCUT2D eigenvalue weighted by molar-refractivity contribution is 9.09. The third-order valence-corrected chi connectivity index (χ3v) is 5.67. The third kappa shape index (κ3) is 4.00. The van der Waals surface area contributed by atoms with E-state index >= 15 is 0 Å². The van der Waals surface area contributed by atoms with Crippen LogP contribution in [0.5, 0.6) is 0 Å². The van der Waals surface area contributed by atoms with Crippen LogP contribution in [0.25, 0.3) is 0 Å². The first-order chi connectivity index (χ1) is 7.61. The summed E-state index contributed by atoms with van der Waals surface area (Å²) in [5, 5.41) is 0.965. The minimum Gasteiger partial charge on any atom is -0.212 e. The summed E-state index contributed by atoms with van der Waals surface area (Å²) in [6.07, 6.45) is 5.85. The lowest BCUT2D eigenvalue weighted by Gasteiger charge is -2.23. The molecule has 1 fully saturated rings. The maximum Gasteiger partial charge on any atom is 0.214 e. The highest BCUT2D eigenvalue weighted by Gasteiger charge is 2.32. The Labute approximate surface area is 108 Å². The van der Waals surface area contributed by atoms with Gasteiger partial charge in [-0.05, 0) is 32.1 Å². The van der Waals surface area contributed by atoms with Gasteiger partial charge in [0.1, 0.15) is 0 Å². The van der Waals surface area contributed by atoms with E-state index in [4.69, 9.17) is 0 Å². The van der Waals surface area contributed by atoms with E-state index in [0.29, 0.717) is 5.75 Å². The molecule has 0 N–H and O–H groups in total. The summed E-state index contributed by atoms with van der Waals surface area (Å²) >= 11 is 3.40. The van der Waals surface area contributed by atoms with Gasteiger partial charge in [-0.3, -0.25) is 0 Å². The van der Waals surface area contributed by atoms with Crippen LogP contribution in [0.1, 0.15) is 45.4 Å². The molecule has 0 bridgehead atoms. The number of alkyl halides is 1. The van der Waals surface area contributed by atoms with Crippen molar-refractivity contribution in [2.24, 2.45) is 0 Å². The van der Waals surface area contributed by atoms with Gasteiger partial charge in [-0.2, -0.15) is 4.31 Å². The van der Waals surface area contributed by atoms with E-state index in [2.05, 4.69) is 15.9 Å². The number of hydrogen-bond donors (Lipinski definition) is 0. The topological polar surface area (TPSA) is 37.4 Å². The molecule has 1 aliphatic heterocycles. The highest BCUT2D eigenvalue weighted by atomic mass is 79.9. The summed E-state index contributed by atoms with van der Waals surface area (Å²) in [6.45, 7) is 2.76. The van der Waals surface area contributed by atoms with Crippen molar-refractivity contribution >= 4 is 26.0 Å². The Balaban J connectivity index is 2.55. The van der Waals surface area contributed by atoms with Gasteiger partial charge >= 0.3 is 0 Å². The standard InChI is InChI=1S/C11H22BrNO2S/c1-2-3-10-16(14,15)13-9-5-7-11(13)6-4-8-12/h11H,2-10H2,1H3. The molecule has 0 amide bonds. The predicted octanol–water partition coefficient (Wildman–Crippen LogP) is 2.76. The van der Waals surface area contributed by atoms with Crippen LogP contribution in [0, 0.1) is 0 Å². The number of nitrogens with zero attached hydrogens (tertiary/aromatic N) is 1. The quantitative estimate of drug-likeness (QED) is 0.678. The van der Waals surface area contributed by atoms with Gasteiger partial charge in [-0.15, -0.1) is 0 Å². The van der Waals surface area contributed by atoms with Gasteiger partial charge < -0.3 is 0 Å². The molecular formula is C11H22BrNO2S. The molecule has 1 heterocycles. The van der Waals surface area contributed by atoms with Gasteiger partial charge in [0.15, 0.2) is 0 Å². The second-order valence-corrected chi connectivity index (χ2v) is 7.24. The smallest absolute Gasteiger partial charge is 0.212 e. The first-order valence-electron chi connectivity index (χ1n) is 6.17. The number of hydrogen-bond acceptors (Lipinski definition) is 2. The van der Waals surface area contributed by atoms with Crippen LogP contribution in [0.3, 0.4) is 0 Å². The van der Waals surface area contributed by atoms with E-state index in [1.54, 1.807) is 4.31 Å². The third-order valence-electron chi connectivity index (χ3n) is 3.11. The lowest BCUT2D eigenvalue weighted by Crippen LogP contribution is -2.37. The van der Waals surface area contributed by atoms with Crippen LogP contribution in [0.2, 0.25) is 0 Å². The van der Waals surface area contributed by atoms with Gasteiger partial charge in [0.05, 0.1) is 5.75 Å². The predicted molar refractivity (Wildman–Crippen MR) is 71.5 cm³/mol. The van der Waals surface area contributed by atoms with Crippen molar-refractivity contribution in [1.82, 2.24) is 4.31 Å². The Kier molecular flexibility index (Phi) is 6.29. The van der Waals surface area contributed by atoms with E-state index < -0.39 is 10.0 Å². The maximum atomic E-state index is 12.1. The van der Waals surface area contributed by atoms with Crippen LogP contribution in [0.4, 0.5) is 0 Å². The monoisotopic (exact) mass is 311 g/mol. The summed E-state index contributed by atoms with van der Waals surface area (Å²) in [5.41, 5.74) is 0. The van der Waals surface area contributed by atoms with Crippen molar-refractivity contribution < 1.29 is 8.42 Å². The van der Waals surface area contributed by atoms with Crippen LogP contribution in [-0.2, 0) is 10.0 Å². The normalized spacial score (nSPS) is 22.8.